The maximum absolute atomic E-state index is 12.3. The molecule has 0 saturated heterocycles. The molecule has 2 aromatic carbocycles. The maximum Gasteiger partial charge on any atom is 0.252 e. The number of nitrogens with one attached hydrogen (secondary N) is 2. The number of benzene rings is 2. The Morgan fingerprint density at radius 2 is 1.89 bits per heavy atom. The number of carbonyl (C=O) groups excluding carboxylic acids is 2. The van der Waals surface area contributed by atoms with Crippen LogP contribution in [0.1, 0.15) is 29.8 Å². The van der Waals surface area contributed by atoms with Crippen molar-refractivity contribution in [2.75, 3.05) is 30.3 Å². The molecule has 0 aliphatic heterocycles. The molecular formula is C26H28N6O4. The van der Waals surface area contributed by atoms with Crippen LogP contribution in [0.3, 0.4) is 0 Å². The number of fused-ring (bicyclic) bond motifs is 1. The molecule has 0 radical (unpaired) electrons. The number of ether oxygens (including phenoxy) is 1. The summed E-state index contributed by atoms with van der Waals surface area (Å²) in [6.45, 7) is 6.26. The van der Waals surface area contributed by atoms with Crippen LogP contribution in [0.15, 0.2) is 65.4 Å². The summed E-state index contributed by atoms with van der Waals surface area (Å²) in [7, 11) is 0. The van der Waals surface area contributed by atoms with Crippen LogP contribution in [-0.2, 0) is 11.4 Å². The highest BCUT2D eigenvalue weighted by atomic mass is 16.5. The lowest BCUT2D eigenvalue weighted by atomic mass is 10.1. The molecule has 0 aliphatic rings. The lowest BCUT2D eigenvalue weighted by Crippen LogP contribution is -2.32. The van der Waals surface area contributed by atoms with E-state index in [1.165, 1.54) is 6.26 Å². The van der Waals surface area contributed by atoms with E-state index in [0.29, 0.717) is 40.6 Å². The Balaban J connectivity index is 1.37. The van der Waals surface area contributed by atoms with Gasteiger partial charge in [-0.15, -0.1) is 0 Å². The van der Waals surface area contributed by atoms with Crippen molar-refractivity contribution in [3.63, 3.8) is 0 Å². The van der Waals surface area contributed by atoms with E-state index < -0.39 is 5.91 Å². The lowest BCUT2D eigenvalue weighted by Gasteiger charge is -2.17. The highest BCUT2D eigenvalue weighted by Crippen LogP contribution is 2.23. The summed E-state index contributed by atoms with van der Waals surface area (Å²) in [6, 6.07) is 14.4. The van der Waals surface area contributed by atoms with Crippen molar-refractivity contribution in [3.8, 4) is 5.88 Å². The van der Waals surface area contributed by atoms with Crippen LogP contribution >= 0.6 is 0 Å². The summed E-state index contributed by atoms with van der Waals surface area (Å²) in [5.41, 5.74) is 8.50. The molecule has 0 bridgehead atoms. The highest BCUT2D eigenvalue weighted by Gasteiger charge is 2.12. The monoisotopic (exact) mass is 488 g/mol. The molecule has 2 heterocycles. The second kappa shape index (κ2) is 11.3. The van der Waals surface area contributed by atoms with Gasteiger partial charge < -0.3 is 25.5 Å². The first-order chi connectivity index (χ1) is 17.4. The number of aromatic nitrogens is 2. The second-order valence-corrected chi connectivity index (χ2v) is 8.07. The maximum atomic E-state index is 12.3. The number of likely N-dealkylation sites (N-methyl/N-ethyl adjacent to an activating group) is 1. The fourth-order valence-corrected chi connectivity index (χ4v) is 3.65. The molecule has 0 spiro atoms. The van der Waals surface area contributed by atoms with Crippen molar-refractivity contribution in [3.05, 3.63) is 72.1 Å². The number of nitrogens with zero attached hydrogens (tertiary/aromatic N) is 3. The molecule has 10 nitrogen and oxygen atoms in total. The van der Waals surface area contributed by atoms with E-state index in [1.54, 1.807) is 24.4 Å². The third kappa shape index (κ3) is 6.16. The standard InChI is InChI=1S/C26H28N6O4/c1-3-32(4-2)14-23(33)29-18-6-5-7-19(13-18)30-26-28-11-10-24(31-26)36-15-17-8-9-20-21(25(27)34)16-35-22(20)12-17/h5-13,16H,3-4,14-15H2,1-2H3,(H2,27,34)(H,29,33)(H,28,30,31). The van der Waals surface area contributed by atoms with Crippen molar-refractivity contribution < 1.29 is 18.7 Å². The van der Waals surface area contributed by atoms with Crippen LogP contribution in [0.25, 0.3) is 11.0 Å². The van der Waals surface area contributed by atoms with Gasteiger partial charge in [0.25, 0.3) is 5.91 Å². The molecule has 10 heteroatoms. The van der Waals surface area contributed by atoms with Gasteiger partial charge in [-0.2, -0.15) is 4.98 Å². The normalized spacial score (nSPS) is 11.0. The Morgan fingerprint density at radius 3 is 2.67 bits per heavy atom. The zero-order valence-electron chi connectivity index (χ0n) is 20.2. The molecule has 2 amide bonds. The Labute approximate surface area is 208 Å². The van der Waals surface area contributed by atoms with Gasteiger partial charge in [-0.3, -0.25) is 14.5 Å². The molecule has 36 heavy (non-hydrogen) atoms. The predicted octanol–water partition coefficient (Wildman–Crippen LogP) is 3.92. The van der Waals surface area contributed by atoms with Gasteiger partial charge in [0.2, 0.25) is 17.7 Å². The van der Waals surface area contributed by atoms with Crippen molar-refractivity contribution in [1.29, 1.82) is 0 Å². The minimum absolute atomic E-state index is 0.0684. The summed E-state index contributed by atoms with van der Waals surface area (Å²) < 4.78 is 11.3. The summed E-state index contributed by atoms with van der Waals surface area (Å²) in [5.74, 6) is 0.132. The van der Waals surface area contributed by atoms with Crippen LogP contribution in [0.2, 0.25) is 0 Å². The number of anilines is 3. The number of hydrogen-bond acceptors (Lipinski definition) is 8. The molecule has 4 N–H and O–H groups in total. The van der Waals surface area contributed by atoms with Crippen LogP contribution in [0, 0.1) is 0 Å². The summed E-state index contributed by atoms with van der Waals surface area (Å²) >= 11 is 0. The van der Waals surface area contributed by atoms with Crippen LogP contribution in [-0.4, -0.2) is 46.3 Å². The van der Waals surface area contributed by atoms with Gasteiger partial charge in [0.1, 0.15) is 18.5 Å². The smallest absolute Gasteiger partial charge is 0.252 e. The molecule has 0 fully saturated rings. The Morgan fingerprint density at radius 1 is 1.08 bits per heavy atom. The molecule has 2 aromatic heterocycles. The van der Waals surface area contributed by atoms with E-state index in [1.807, 2.05) is 49.1 Å². The minimum Gasteiger partial charge on any atom is -0.473 e. The molecule has 0 aliphatic carbocycles. The summed E-state index contributed by atoms with van der Waals surface area (Å²) in [6.07, 6.45) is 2.95. The summed E-state index contributed by atoms with van der Waals surface area (Å²) in [4.78, 5) is 34.5. The Hall–Kier alpha value is -4.44. The zero-order chi connectivity index (χ0) is 25.5. The highest BCUT2D eigenvalue weighted by molar-refractivity contribution is 6.05. The third-order valence-corrected chi connectivity index (χ3v) is 5.59. The van der Waals surface area contributed by atoms with Gasteiger partial charge >= 0.3 is 0 Å². The first kappa shape index (κ1) is 24.7. The summed E-state index contributed by atoms with van der Waals surface area (Å²) in [5, 5.41) is 6.71. The number of primary amides is 1. The van der Waals surface area contributed by atoms with E-state index in [-0.39, 0.29) is 12.5 Å². The fraction of sp³-hybridized carbons (Fsp3) is 0.231. The molecule has 186 valence electrons. The van der Waals surface area contributed by atoms with Gasteiger partial charge in [-0.25, -0.2) is 4.98 Å². The number of furan rings is 1. The number of nitrogens with two attached hydrogens (primary N) is 1. The molecule has 4 rings (SSSR count). The van der Waals surface area contributed by atoms with Gasteiger partial charge in [0.05, 0.1) is 12.1 Å². The van der Waals surface area contributed by atoms with Crippen molar-refractivity contribution in [2.45, 2.75) is 20.5 Å². The van der Waals surface area contributed by atoms with Crippen molar-refractivity contribution in [1.82, 2.24) is 14.9 Å². The predicted molar refractivity (Wildman–Crippen MR) is 137 cm³/mol. The molecule has 0 saturated carbocycles. The van der Waals surface area contributed by atoms with Crippen LogP contribution < -0.4 is 21.1 Å². The van der Waals surface area contributed by atoms with E-state index in [4.69, 9.17) is 14.9 Å². The Bertz CT molecular complexity index is 1370. The molecular weight excluding hydrogens is 460 g/mol. The fourth-order valence-electron chi connectivity index (χ4n) is 3.65. The topological polar surface area (TPSA) is 136 Å². The van der Waals surface area contributed by atoms with Gasteiger partial charge in [0, 0.05) is 29.0 Å². The zero-order valence-corrected chi connectivity index (χ0v) is 20.2. The van der Waals surface area contributed by atoms with Crippen molar-refractivity contribution in [2.24, 2.45) is 5.73 Å². The van der Waals surface area contributed by atoms with Gasteiger partial charge in [-0.05, 0) is 49.0 Å². The average molecular weight is 489 g/mol. The first-order valence-corrected chi connectivity index (χ1v) is 11.6. The van der Waals surface area contributed by atoms with E-state index in [0.717, 1.165) is 24.3 Å². The van der Waals surface area contributed by atoms with Crippen LogP contribution in [0.4, 0.5) is 17.3 Å². The lowest BCUT2D eigenvalue weighted by molar-refractivity contribution is -0.117. The minimum atomic E-state index is -0.536. The Kier molecular flexibility index (Phi) is 7.76. The van der Waals surface area contributed by atoms with Crippen LogP contribution in [0.5, 0.6) is 5.88 Å². The van der Waals surface area contributed by atoms with E-state index in [9.17, 15) is 9.59 Å². The molecule has 0 atom stereocenters. The van der Waals surface area contributed by atoms with Gasteiger partial charge in [-0.1, -0.05) is 26.0 Å². The SMILES string of the molecule is CCN(CC)CC(=O)Nc1cccc(Nc2nccc(OCc3ccc4c(C(N)=O)coc4c3)n2)c1. The quantitative estimate of drug-likeness (QED) is 0.289. The van der Waals surface area contributed by atoms with Crippen molar-refractivity contribution >= 4 is 40.1 Å². The first-order valence-electron chi connectivity index (χ1n) is 11.6. The number of amides is 2. The van der Waals surface area contributed by atoms with E-state index >= 15 is 0 Å². The third-order valence-electron chi connectivity index (χ3n) is 5.59. The van der Waals surface area contributed by atoms with Gasteiger partial charge in [0.15, 0.2) is 0 Å². The number of rotatable bonds is 11. The number of carbonyl (C=O) groups is 2. The molecule has 4 aromatic rings. The molecule has 0 unspecified atom stereocenters. The van der Waals surface area contributed by atoms with E-state index in [2.05, 4.69) is 20.6 Å². The average Bonchev–Trinajstić information content (AvgIpc) is 3.30. The largest absolute Gasteiger partial charge is 0.473 e. The number of hydrogen-bond donors (Lipinski definition) is 3. The second-order valence-electron chi connectivity index (χ2n) is 8.07.